The van der Waals surface area contributed by atoms with Gasteiger partial charge in [-0.3, -0.25) is 9.59 Å². The average molecular weight is 587 g/mol. The number of amides is 1. The smallest absolute Gasteiger partial charge is 0.259 e. The van der Waals surface area contributed by atoms with Crippen molar-refractivity contribution in [3.8, 4) is 17.2 Å². The van der Waals surface area contributed by atoms with Crippen molar-refractivity contribution >= 4 is 44.2 Å². The van der Waals surface area contributed by atoms with Gasteiger partial charge in [0, 0.05) is 42.4 Å². The number of nitrogens with zero attached hydrogens (tertiary/aromatic N) is 3. The quantitative estimate of drug-likeness (QED) is 0.273. The molecular weight excluding hydrogens is 559 g/mol. The molecule has 4 aromatic carbocycles. The number of benzene rings is 4. The van der Waals surface area contributed by atoms with Gasteiger partial charge in [0.15, 0.2) is 17.3 Å². The van der Waals surface area contributed by atoms with Crippen LogP contribution in [-0.4, -0.2) is 53.2 Å². The van der Waals surface area contributed by atoms with E-state index >= 15 is 4.39 Å². The minimum absolute atomic E-state index is 0.000742. The Hall–Kier alpha value is -5.15. The molecule has 0 radical (unpaired) electrons. The van der Waals surface area contributed by atoms with Crippen molar-refractivity contribution in [2.45, 2.75) is 13.0 Å². The maximum absolute atomic E-state index is 16.4. The summed E-state index contributed by atoms with van der Waals surface area (Å²) >= 11 is 0. The van der Waals surface area contributed by atoms with Gasteiger partial charge in [-0.2, -0.15) is 0 Å². The molecule has 1 N–H and O–H groups in total. The van der Waals surface area contributed by atoms with Gasteiger partial charge in [-0.1, -0.05) is 42.5 Å². The molecule has 5 heterocycles. The lowest BCUT2D eigenvalue weighted by Gasteiger charge is -2.33. The van der Waals surface area contributed by atoms with Crippen LogP contribution in [0, 0.1) is 5.82 Å². The molecule has 3 aliphatic rings. The summed E-state index contributed by atoms with van der Waals surface area (Å²) in [5.41, 5.74) is 4.27. The molecule has 0 saturated carbocycles. The molecule has 0 bridgehead atoms. The fourth-order valence-corrected chi connectivity index (χ4v) is 7.06. The Balaban J connectivity index is 1.27. The lowest BCUT2D eigenvalue weighted by molar-refractivity contribution is 0.0301. The molecule has 3 aliphatic heterocycles. The minimum Gasteiger partial charge on any atom is -0.451 e. The number of morpholine rings is 1. The van der Waals surface area contributed by atoms with Gasteiger partial charge < -0.3 is 28.8 Å². The number of halogens is 1. The maximum Gasteiger partial charge on any atom is 0.259 e. The zero-order valence-electron chi connectivity index (χ0n) is 23.7. The van der Waals surface area contributed by atoms with Crippen molar-refractivity contribution in [1.29, 1.82) is 0 Å². The Kier molecular flexibility index (Phi) is 5.43. The standard InChI is InChI=1S/C35H27FN4O4/c36-26-17-24-31-34(32(26)39-10-9-23-22-7-3-4-8-27(22)37-28(23)19-39)44-30-16-21-6-2-1-5-20(21)15-29(30)40(31)18-25(33(24)41)35(42)38-11-13-43-14-12-38/h1-8,15-18,37H,9-14,19H2. The number of anilines is 1. The summed E-state index contributed by atoms with van der Waals surface area (Å²) in [6, 6.07) is 21.3. The number of fused-ring (bicyclic) bond motifs is 6. The van der Waals surface area contributed by atoms with E-state index in [1.807, 2.05) is 58.0 Å². The summed E-state index contributed by atoms with van der Waals surface area (Å²) in [6.07, 6.45) is 2.34. The van der Waals surface area contributed by atoms with Crippen LogP contribution < -0.4 is 15.1 Å². The molecule has 218 valence electrons. The lowest BCUT2D eigenvalue weighted by Crippen LogP contribution is -2.42. The second kappa shape index (κ2) is 9.42. The van der Waals surface area contributed by atoms with E-state index in [0.29, 0.717) is 62.0 Å². The highest BCUT2D eigenvalue weighted by molar-refractivity contribution is 6.02. The van der Waals surface area contributed by atoms with Crippen LogP contribution in [-0.2, 0) is 17.7 Å². The van der Waals surface area contributed by atoms with Gasteiger partial charge in [0.2, 0.25) is 5.43 Å². The number of para-hydroxylation sites is 1. The lowest BCUT2D eigenvalue weighted by atomic mass is 10.0. The molecule has 8 nitrogen and oxygen atoms in total. The van der Waals surface area contributed by atoms with Crippen molar-refractivity contribution in [1.82, 2.24) is 14.5 Å². The van der Waals surface area contributed by atoms with Crippen molar-refractivity contribution in [2.75, 3.05) is 37.7 Å². The van der Waals surface area contributed by atoms with E-state index in [1.165, 1.54) is 17.0 Å². The Bertz CT molecular complexity index is 2250. The first-order valence-electron chi connectivity index (χ1n) is 14.9. The third kappa shape index (κ3) is 3.65. The summed E-state index contributed by atoms with van der Waals surface area (Å²) in [4.78, 5) is 34.7. The first-order valence-corrected chi connectivity index (χ1v) is 14.9. The van der Waals surface area contributed by atoms with E-state index in [-0.39, 0.29) is 22.6 Å². The van der Waals surface area contributed by atoms with Gasteiger partial charge in [0.1, 0.15) is 16.8 Å². The minimum atomic E-state index is -0.559. The molecule has 0 spiro atoms. The number of carbonyl (C=O) groups excluding carboxylic acids is 1. The molecule has 0 atom stereocenters. The number of ether oxygens (including phenoxy) is 2. The van der Waals surface area contributed by atoms with Crippen molar-refractivity contribution in [3.05, 3.63) is 106 Å². The van der Waals surface area contributed by atoms with Gasteiger partial charge in [0.05, 0.1) is 30.8 Å². The summed E-state index contributed by atoms with van der Waals surface area (Å²) < 4.78 is 30.2. The molecule has 1 fully saturated rings. The number of aromatic nitrogens is 2. The van der Waals surface area contributed by atoms with Crippen LogP contribution in [0.1, 0.15) is 21.6 Å². The Labute approximate surface area is 250 Å². The normalized spacial score (nSPS) is 15.8. The highest BCUT2D eigenvalue weighted by Crippen LogP contribution is 2.48. The number of H-pyrrole nitrogens is 1. The Morgan fingerprint density at radius 3 is 2.52 bits per heavy atom. The van der Waals surface area contributed by atoms with Gasteiger partial charge in [-0.05, 0) is 47.0 Å². The van der Waals surface area contributed by atoms with E-state index in [2.05, 4.69) is 17.1 Å². The summed E-state index contributed by atoms with van der Waals surface area (Å²) in [5.74, 6) is -0.131. The predicted molar refractivity (Wildman–Crippen MR) is 167 cm³/mol. The SMILES string of the molecule is O=C(c1cn2c3c(c(N4CCc5c([nH]c6ccccc56)C4)c(F)cc3c1=O)Oc1cc3ccccc3cc1-2)N1CCOCC1. The molecule has 9 heteroatoms. The van der Waals surface area contributed by atoms with Crippen LogP contribution in [0.2, 0.25) is 0 Å². The molecule has 6 aromatic rings. The summed E-state index contributed by atoms with van der Waals surface area (Å²) in [7, 11) is 0. The monoisotopic (exact) mass is 586 g/mol. The number of pyridine rings is 1. The van der Waals surface area contributed by atoms with Gasteiger partial charge in [0.25, 0.3) is 5.91 Å². The van der Waals surface area contributed by atoms with Crippen LogP contribution in [0.5, 0.6) is 11.5 Å². The van der Waals surface area contributed by atoms with Crippen LogP contribution in [0.4, 0.5) is 10.1 Å². The number of aromatic amines is 1. The number of nitrogens with one attached hydrogen (secondary N) is 1. The average Bonchev–Trinajstić information content (AvgIpc) is 3.43. The third-order valence-electron chi connectivity index (χ3n) is 9.20. The maximum atomic E-state index is 16.4. The van der Waals surface area contributed by atoms with Gasteiger partial charge >= 0.3 is 0 Å². The predicted octanol–water partition coefficient (Wildman–Crippen LogP) is 5.91. The topological polar surface area (TPSA) is 79.8 Å². The third-order valence-corrected chi connectivity index (χ3v) is 9.20. The largest absolute Gasteiger partial charge is 0.451 e. The fourth-order valence-electron chi connectivity index (χ4n) is 7.06. The molecule has 2 aromatic heterocycles. The number of rotatable bonds is 2. The molecule has 9 rings (SSSR count). The van der Waals surface area contributed by atoms with Gasteiger partial charge in [-0.15, -0.1) is 0 Å². The van der Waals surface area contributed by atoms with Crippen LogP contribution in [0.15, 0.2) is 77.7 Å². The first kappa shape index (κ1) is 25.4. The second-order valence-electron chi connectivity index (χ2n) is 11.6. The second-order valence-corrected chi connectivity index (χ2v) is 11.6. The molecular formula is C35H27FN4O4. The summed E-state index contributed by atoms with van der Waals surface area (Å²) in [6.45, 7) is 2.65. The van der Waals surface area contributed by atoms with Crippen LogP contribution in [0.3, 0.4) is 0 Å². The number of hydrogen-bond donors (Lipinski definition) is 1. The van der Waals surface area contributed by atoms with Crippen LogP contribution in [0.25, 0.3) is 38.3 Å². The van der Waals surface area contributed by atoms with E-state index in [1.54, 1.807) is 11.1 Å². The fraction of sp³-hybridized carbons (Fsp3) is 0.200. The molecule has 0 unspecified atom stereocenters. The van der Waals surface area contributed by atoms with Crippen molar-refractivity contribution in [3.63, 3.8) is 0 Å². The highest BCUT2D eigenvalue weighted by Gasteiger charge is 2.33. The van der Waals surface area contributed by atoms with E-state index in [9.17, 15) is 9.59 Å². The number of carbonyl (C=O) groups is 1. The van der Waals surface area contributed by atoms with E-state index in [4.69, 9.17) is 9.47 Å². The van der Waals surface area contributed by atoms with Crippen LogP contribution >= 0.6 is 0 Å². The first-order chi connectivity index (χ1) is 21.5. The zero-order valence-corrected chi connectivity index (χ0v) is 23.7. The Morgan fingerprint density at radius 1 is 0.909 bits per heavy atom. The Morgan fingerprint density at radius 2 is 1.68 bits per heavy atom. The van der Waals surface area contributed by atoms with Gasteiger partial charge in [-0.25, -0.2) is 4.39 Å². The number of hydrogen-bond acceptors (Lipinski definition) is 5. The molecule has 1 amide bonds. The zero-order chi connectivity index (χ0) is 29.5. The van der Waals surface area contributed by atoms with Crippen molar-refractivity contribution in [2.24, 2.45) is 0 Å². The van der Waals surface area contributed by atoms with Crippen molar-refractivity contribution < 1.29 is 18.7 Å². The van der Waals surface area contributed by atoms with E-state index < -0.39 is 11.2 Å². The molecule has 0 aliphatic carbocycles. The molecule has 1 saturated heterocycles. The summed E-state index contributed by atoms with van der Waals surface area (Å²) in [5, 5.41) is 3.25. The van der Waals surface area contributed by atoms with E-state index in [0.717, 1.165) is 28.4 Å². The molecule has 44 heavy (non-hydrogen) atoms. The highest BCUT2D eigenvalue weighted by atomic mass is 19.1.